The van der Waals surface area contributed by atoms with Gasteiger partial charge in [-0.25, -0.2) is 0 Å². The highest BCUT2D eigenvalue weighted by atomic mass is 16.7. The Bertz CT molecular complexity index is 850. The fraction of sp³-hybridized carbons (Fsp3) is 0.481. The number of hydrogen-bond donors (Lipinski definition) is 0. The second-order valence-corrected chi connectivity index (χ2v) is 8.75. The van der Waals surface area contributed by atoms with Crippen LogP contribution in [0.5, 0.6) is 5.75 Å². The lowest BCUT2D eigenvalue weighted by molar-refractivity contribution is -0.283. The summed E-state index contributed by atoms with van der Waals surface area (Å²) in [5.41, 5.74) is 2.17. The van der Waals surface area contributed by atoms with E-state index in [1.165, 1.54) is 5.56 Å². The maximum absolute atomic E-state index is 6.55. The summed E-state index contributed by atoms with van der Waals surface area (Å²) in [5.74, 6) is 1.33. The van der Waals surface area contributed by atoms with Crippen molar-refractivity contribution in [2.24, 2.45) is 11.8 Å². The first-order valence-corrected chi connectivity index (χ1v) is 11.5. The molecule has 1 saturated heterocycles. The fourth-order valence-electron chi connectivity index (χ4n) is 4.29. The van der Waals surface area contributed by atoms with E-state index in [0.717, 1.165) is 17.7 Å². The van der Waals surface area contributed by atoms with Crippen LogP contribution in [0.4, 0.5) is 0 Å². The number of fused-ring (bicyclic) bond motifs is 1. The molecule has 0 aromatic heterocycles. The molecule has 0 N–H and O–H groups in total. The third kappa shape index (κ3) is 5.78. The maximum Gasteiger partial charge on any atom is 0.184 e. The van der Waals surface area contributed by atoms with Gasteiger partial charge in [0.25, 0.3) is 0 Å². The zero-order valence-electron chi connectivity index (χ0n) is 19.2. The maximum atomic E-state index is 6.55. The van der Waals surface area contributed by atoms with E-state index < -0.39 is 6.29 Å². The van der Waals surface area contributed by atoms with Gasteiger partial charge in [-0.3, -0.25) is 0 Å². The minimum Gasteiger partial charge on any atom is -0.497 e. The summed E-state index contributed by atoms with van der Waals surface area (Å²) in [4.78, 5) is 0. The predicted molar refractivity (Wildman–Crippen MR) is 123 cm³/mol. The van der Waals surface area contributed by atoms with Crippen LogP contribution in [0.1, 0.15) is 37.7 Å². The van der Waals surface area contributed by atoms with Crippen LogP contribution in [-0.4, -0.2) is 38.6 Å². The molecule has 32 heavy (non-hydrogen) atoms. The van der Waals surface area contributed by atoms with Gasteiger partial charge in [0.1, 0.15) is 11.9 Å². The molecule has 0 bridgehead atoms. The van der Waals surface area contributed by atoms with Crippen molar-refractivity contribution < 1.29 is 23.7 Å². The Kier molecular flexibility index (Phi) is 7.98. The Morgan fingerprint density at radius 1 is 1.03 bits per heavy atom. The molecule has 4 rings (SSSR count). The largest absolute Gasteiger partial charge is 0.497 e. The smallest absolute Gasteiger partial charge is 0.184 e. The first kappa shape index (κ1) is 23.0. The molecule has 0 unspecified atom stereocenters. The third-order valence-electron chi connectivity index (χ3n) is 6.25. The fourth-order valence-corrected chi connectivity index (χ4v) is 4.29. The average Bonchev–Trinajstić information content (AvgIpc) is 2.83. The second kappa shape index (κ2) is 11.1. The molecule has 0 spiro atoms. The van der Waals surface area contributed by atoms with Gasteiger partial charge in [0.2, 0.25) is 0 Å². The molecular weight excluding hydrogens is 404 g/mol. The van der Waals surface area contributed by atoms with Gasteiger partial charge in [-0.05, 0) is 24.1 Å². The van der Waals surface area contributed by atoms with Gasteiger partial charge in [0, 0.05) is 17.4 Å². The van der Waals surface area contributed by atoms with Crippen LogP contribution in [-0.2, 0) is 25.6 Å². The number of rotatable bonds is 7. The van der Waals surface area contributed by atoms with E-state index in [1.54, 1.807) is 7.11 Å². The van der Waals surface area contributed by atoms with Gasteiger partial charge in [-0.1, -0.05) is 68.5 Å². The molecule has 1 fully saturated rings. The van der Waals surface area contributed by atoms with Gasteiger partial charge >= 0.3 is 0 Å². The highest BCUT2D eigenvalue weighted by molar-refractivity contribution is 5.28. The summed E-state index contributed by atoms with van der Waals surface area (Å²) in [7, 11) is 1.66. The second-order valence-electron chi connectivity index (χ2n) is 8.75. The molecule has 172 valence electrons. The summed E-state index contributed by atoms with van der Waals surface area (Å²) in [6.45, 7) is 6.14. The van der Waals surface area contributed by atoms with Crippen LogP contribution >= 0.6 is 0 Å². The van der Waals surface area contributed by atoms with Crippen LogP contribution in [0.15, 0.2) is 66.7 Å². The topological polar surface area (TPSA) is 46.2 Å². The zero-order chi connectivity index (χ0) is 22.3. The molecule has 0 radical (unpaired) electrons. The highest BCUT2D eigenvalue weighted by Crippen LogP contribution is 2.34. The molecule has 0 saturated carbocycles. The van der Waals surface area contributed by atoms with Crippen molar-refractivity contribution in [3.05, 3.63) is 77.9 Å². The number of methoxy groups -OCH3 is 1. The van der Waals surface area contributed by atoms with Crippen molar-refractivity contribution in [3.8, 4) is 5.75 Å². The molecule has 5 nitrogen and oxygen atoms in total. The molecule has 2 aliphatic rings. The molecular formula is C27H34O5. The first-order chi connectivity index (χ1) is 15.6. The third-order valence-corrected chi connectivity index (χ3v) is 6.25. The van der Waals surface area contributed by atoms with Crippen molar-refractivity contribution in [2.45, 2.75) is 51.5 Å². The number of ether oxygens (including phenoxy) is 5. The Morgan fingerprint density at radius 2 is 1.81 bits per heavy atom. The Hall–Kier alpha value is -2.18. The van der Waals surface area contributed by atoms with Crippen LogP contribution in [0.3, 0.4) is 0 Å². The van der Waals surface area contributed by atoms with Crippen LogP contribution in [0.2, 0.25) is 0 Å². The zero-order valence-corrected chi connectivity index (χ0v) is 19.2. The van der Waals surface area contributed by atoms with E-state index in [-0.39, 0.29) is 30.1 Å². The molecule has 6 atom stereocenters. The van der Waals surface area contributed by atoms with Crippen molar-refractivity contribution >= 4 is 0 Å². The standard InChI is InChI=1S/C27H34O5/c1-19-8-7-11-24(20(2)16-29-17-21-9-5-4-6-10-21)31-25-18-30-27(32-26(19)25)22-12-14-23(28-3)15-13-22/h4-10,12-15,19-20,24-27H,11,16-18H2,1-3H3/b8-7-/t19-,20+,24-,25-,26+,27-/m0/s1. The molecule has 2 aromatic carbocycles. The molecule has 0 amide bonds. The Morgan fingerprint density at radius 3 is 2.56 bits per heavy atom. The van der Waals surface area contributed by atoms with Gasteiger partial charge in [0.05, 0.1) is 39.1 Å². The SMILES string of the molecule is COc1ccc([C@H]2OC[C@@H]3O[C@H]([C@H](C)COCc4ccccc4)C/C=C\[C@H](C)[C@H]3O2)cc1. The molecule has 2 aliphatic heterocycles. The van der Waals surface area contributed by atoms with E-state index in [1.807, 2.05) is 42.5 Å². The Labute approximate surface area is 191 Å². The van der Waals surface area contributed by atoms with Crippen molar-refractivity contribution in [2.75, 3.05) is 20.3 Å². The van der Waals surface area contributed by atoms with E-state index >= 15 is 0 Å². The molecule has 2 aromatic rings. The van der Waals surface area contributed by atoms with E-state index in [2.05, 4.69) is 38.1 Å². The van der Waals surface area contributed by atoms with Crippen LogP contribution < -0.4 is 4.74 Å². The quantitative estimate of drug-likeness (QED) is 0.548. The minimum absolute atomic E-state index is 0.0618. The first-order valence-electron chi connectivity index (χ1n) is 11.5. The van der Waals surface area contributed by atoms with Gasteiger partial charge in [-0.15, -0.1) is 0 Å². The predicted octanol–water partition coefficient (Wildman–Crippen LogP) is 5.31. The molecule has 5 heteroatoms. The summed E-state index contributed by atoms with van der Waals surface area (Å²) in [6, 6.07) is 18.1. The number of benzene rings is 2. The number of hydrogen-bond acceptors (Lipinski definition) is 5. The summed E-state index contributed by atoms with van der Waals surface area (Å²) >= 11 is 0. The monoisotopic (exact) mass is 438 g/mol. The van der Waals surface area contributed by atoms with Gasteiger partial charge in [0.15, 0.2) is 6.29 Å². The minimum atomic E-state index is -0.397. The van der Waals surface area contributed by atoms with Crippen molar-refractivity contribution in [1.29, 1.82) is 0 Å². The van der Waals surface area contributed by atoms with Crippen molar-refractivity contribution in [3.63, 3.8) is 0 Å². The average molecular weight is 439 g/mol. The van der Waals surface area contributed by atoms with Crippen LogP contribution in [0, 0.1) is 11.8 Å². The van der Waals surface area contributed by atoms with Crippen LogP contribution in [0.25, 0.3) is 0 Å². The summed E-state index contributed by atoms with van der Waals surface area (Å²) < 4.78 is 30.3. The normalized spacial score (nSPS) is 29.9. The van der Waals surface area contributed by atoms with Gasteiger partial charge in [-0.2, -0.15) is 0 Å². The van der Waals surface area contributed by atoms with Gasteiger partial charge < -0.3 is 23.7 Å². The highest BCUT2D eigenvalue weighted by Gasteiger charge is 2.39. The lowest BCUT2D eigenvalue weighted by atomic mass is 9.93. The molecule has 2 heterocycles. The van der Waals surface area contributed by atoms with E-state index in [9.17, 15) is 0 Å². The summed E-state index contributed by atoms with van der Waals surface area (Å²) in [6.07, 6.45) is 4.84. The lowest BCUT2D eigenvalue weighted by Gasteiger charge is -2.42. The molecule has 0 aliphatic carbocycles. The van der Waals surface area contributed by atoms with E-state index in [4.69, 9.17) is 23.7 Å². The van der Waals surface area contributed by atoms with E-state index in [0.29, 0.717) is 19.8 Å². The lowest BCUT2D eigenvalue weighted by Crippen LogP contribution is -2.48. The van der Waals surface area contributed by atoms with Crippen molar-refractivity contribution in [1.82, 2.24) is 0 Å². The summed E-state index contributed by atoms with van der Waals surface area (Å²) in [5, 5.41) is 0. The Balaban J connectivity index is 1.35.